The second-order valence-corrected chi connectivity index (χ2v) is 4.10. The Bertz CT molecular complexity index is 124. The first-order valence-electron chi connectivity index (χ1n) is 4.68. The van der Waals surface area contributed by atoms with Gasteiger partial charge < -0.3 is 10.2 Å². The third-order valence-electron chi connectivity index (χ3n) is 2.65. The normalized spacial score (nSPS) is 25.2. The average Bonchev–Trinajstić information content (AvgIpc) is 2.17. The van der Waals surface area contributed by atoms with Crippen LogP contribution in [-0.2, 0) is 0 Å². The van der Waals surface area contributed by atoms with E-state index in [1.165, 1.54) is 19.3 Å². The van der Waals surface area contributed by atoms with Gasteiger partial charge in [-0.15, -0.1) is 11.6 Å². The number of hydrogen-bond acceptors (Lipinski definition) is 2. The zero-order valence-corrected chi connectivity index (χ0v) is 8.00. The number of aliphatic hydroxyl groups excluding tert-OH is 2. The summed E-state index contributed by atoms with van der Waals surface area (Å²) < 4.78 is 0. The van der Waals surface area contributed by atoms with Crippen LogP contribution in [0.5, 0.6) is 0 Å². The SMILES string of the molecule is OCC(O)C(Cl)C1CCCCC1. The molecule has 0 aromatic heterocycles. The highest BCUT2D eigenvalue weighted by atomic mass is 35.5. The molecule has 3 heteroatoms. The van der Waals surface area contributed by atoms with Gasteiger partial charge in [-0.2, -0.15) is 0 Å². The van der Waals surface area contributed by atoms with E-state index in [4.69, 9.17) is 16.7 Å². The molecule has 0 spiro atoms. The maximum atomic E-state index is 9.30. The van der Waals surface area contributed by atoms with Gasteiger partial charge in [-0.05, 0) is 18.8 Å². The van der Waals surface area contributed by atoms with E-state index in [0.29, 0.717) is 5.92 Å². The minimum absolute atomic E-state index is 0.218. The summed E-state index contributed by atoms with van der Waals surface area (Å²) in [5.41, 5.74) is 0. The molecule has 1 saturated carbocycles. The Labute approximate surface area is 78.5 Å². The van der Waals surface area contributed by atoms with Crippen molar-refractivity contribution >= 4 is 11.6 Å². The van der Waals surface area contributed by atoms with E-state index in [-0.39, 0.29) is 12.0 Å². The molecule has 1 aliphatic rings. The van der Waals surface area contributed by atoms with Gasteiger partial charge in [-0.25, -0.2) is 0 Å². The quantitative estimate of drug-likeness (QED) is 0.666. The van der Waals surface area contributed by atoms with Crippen LogP contribution in [0.25, 0.3) is 0 Å². The van der Waals surface area contributed by atoms with Crippen LogP contribution >= 0.6 is 11.6 Å². The fraction of sp³-hybridized carbons (Fsp3) is 1.00. The maximum absolute atomic E-state index is 9.30. The van der Waals surface area contributed by atoms with Crippen molar-refractivity contribution in [3.05, 3.63) is 0 Å². The van der Waals surface area contributed by atoms with Crippen molar-refractivity contribution in [3.63, 3.8) is 0 Å². The van der Waals surface area contributed by atoms with Crippen molar-refractivity contribution in [1.29, 1.82) is 0 Å². The molecule has 2 atom stereocenters. The van der Waals surface area contributed by atoms with Crippen molar-refractivity contribution in [1.82, 2.24) is 0 Å². The van der Waals surface area contributed by atoms with Crippen molar-refractivity contribution in [3.8, 4) is 0 Å². The molecule has 0 amide bonds. The Balaban J connectivity index is 2.33. The molecule has 0 aromatic rings. The number of aliphatic hydroxyl groups is 2. The zero-order valence-electron chi connectivity index (χ0n) is 7.25. The third kappa shape index (κ3) is 2.61. The Kier molecular flexibility index (Phi) is 4.33. The van der Waals surface area contributed by atoms with Gasteiger partial charge in [-0.1, -0.05) is 19.3 Å². The van der Waals surface area contributed by atoms with Crippen LogP contribution in [0.2, 0.25) is 0 Å². The molecule has 0 saturated heterocycles. The van der Waals surface area contributed by atoms with Gasteiger partial charge >= 0.3 is 0 Å². The highest BCUT2D eigenvalue weighted by Gasteiger charge is 2.26. The van der Waals surface area contributed by atoms with Crippen LogP contribution in [0.4, 0.5) is 0 Å². The lowest BCUT2D eigenvalue weighted by Crippen LogP contribution is -2.32. The van der Waals surface area contributed by atoms with E-state index < -0.39 is 6.10 Å². The fourth-order valence-corrected chi connectivity index (χ4v) is 2.20. The van der Waals surface area contributed by atoms with Crippen molar-refractivity contribution < 1.29 is 10.2 Å². The van der Waals surface area contributed by atoms with Gasteiger partial charge in [0.05, 0.1) is 18.1 Å². The van der Waals surface area contributed by atoms with Crippen LogP contribution in [0.15, 0.2) is 0 Å². The largest absolute Gasteiger partial charge is 0.394 e. The molecule has 0 aliphatic heterocycles. The number of hydrogen-bond donors (Lipinski definition) is 2. The van der Waals surface area contributed by atoms with E-state index in [1.54, 1.807) is 0 Å². The summed E-state index contributed by atoms with van der Waals surface area (Å²) >= 11 is 6.00. The molecule has 2 unspecified atom stereocenters. The molecule has 1 fully saturated rings. The summed E-state index contributed by atoms with van der Waals surface area (Å²) in [5, 5.41) is 17.7. The van der Waals surface area contributed by atoms with Crippen LogP contribution in [0.3, 0.4) is 0 Å². The van der Waals surface area contributed by atoms with Gasteiger partial charge in [0.15, 0.2) is 0 Å². The van der Waals surface area contributed by atoms with Crippen LogP contribution in [0, 0.1) is 5.92 Å². The molecular weight excluding hydrogens is 176 g/mol. The predicted molar refractivity (Wildman–Crippen MR) is 49.3 cm³/mol. The Hall–Kier alpha value is 0.210. The van der Waals surface area contributed by atoms with E-state index in [0.717, 1.165) is 12.8 Å². The first-order chi connectivity index (χ1) is 5.75. The summed E-state index contributed by atoms with van der Waals surface area (Å²) in [7, 11) is 0. The number of alkyl halides is 1. The number of rotatable bonds is 3. The lowest BCUT2D eigenvalue weighted by molar-refractivity contribution is 0.0720. The van der Waals surface area contributed by atoms with E-state index in [1.807, 2.05) is 0 Å². The summed E-state index contributed by atoms with van der Waals surface area (Å²) in [6.07, 6.45) is 5.18. The molecule has 1 rings (SSSR count). The van der Waals surface area contributed by atoms with E-state index in [9.17, 15) is 5.11 Å². The van der Waals surface area contributed by atoms with Crippen molar-refractivity contribution in [2.24, 2.45) is 5.92 Å². The summed E-state index contributed by atoms with van der Waals surface area (Å²) in [5.74, 6) is 0.405. The molecule has 2 N–H and O–H groups in total. The minimum Gasteiger partial charge on any atom is -0.394 e. The predicted octanol–water partition coefficient (Wildman–Crippen LogP) is 1.53. The molecule has 0 bridgehead atoms. The highest BCUT2D eigenvalue weighted by molar-refractivity contribution is 6.21. The molecule has 12 heavy (non-hydrogen) atoms. The first-order valence-corrected chi connectivity index (χ1v) is 5.12. The molecule has 72 valence electrons. The Morgan fingerprint density at radius 2 is 1.83 bits per heavy atom. The van der Waals surface area contributed by atoms with E-state index in [2.05, 4.69) is 0 Å². The molecule has 0 aromatic carbocycles. The summed E-state index contributed by atoms with van der Waals surface area (Å²) in [6, 6.07) is 0. The minimum atomic E-state index is -0.741. The van der Waals surface area contributed by atoms with Gasteiger partial charge in [0, 0.05) is 0 Å². The maximum Gasteiger partial charge on any atom is 0.0936 e. The molecule has 0 heterocycles. The standard InChI is InChI=1S/C9H17ClO2/c10-9(8(12)6-11)7-4-2-1-3-5-7/h7-9,11-12H,1-6H2. The van der Waals surface area contributed by atoms with E-state index >= 15 is 0 Å². The highest BCUT2D eigenvalue weighted by Crippen LogP contribution is 2.30. The molecular formula is C9H17ClO2. The summed E-state index contributed by atoms with van der Waals surface area (Å²) in [4.78, 5) is 0. The number of halogens is 1. The van der Waals surface area contributed by atoms with Gasteiger partial charge in [-0.3, -0.25) is 0 Å². The van der Waals surface area contributed by atoms with Crippen LogP contribution < -0.4 is 0 Å². The zero-order chi connectivity index (χ0) is 8.97. The average molecular weight is 193 g/mol. The van der Waals surface area contributed by atoms with Crippen LogP contribution in [0.1, 0.15) is 32.1 Å². The second kappa shape index (κ2) is 5.05. The van der Waals surface area contributed by atoms with Gasteiger partial charge in [0.25, 0.3) is 0 Å². The summed E-state index contributed by atoms with van der Waals surface area (Å²) in [6.45, 7) is -0.218. The Morgan fingerprint density at radius 1 is 1.25 bits per heavy atom. The second-order valence-electron chi connectivity index (χ2n) is 3.59. The lowest BCUT2D eigenvalue weighted by Gasteiger charge is -2.28. The Morgan fingerprint density at radius 3 is 2.33 bits per heavy atom. The lowest BCUT2D eigenvalue weighted by atomic mass is 9.85. The third-order valence-corrected chi connectivity index (χ3v) is 3.30. The topological polar surface area (TPSA) is 40.5 Å². The first kappa shape index (κ1) is 10.3. The van der Waals surface area contributed by atoms with Crippen molar-refractivity contribution in [2.45, 2.75) is 43.6 Å². The van der Waals surface area contributed by atoms with Gasteiger partial charge in [0.1, 0.15) is 0 Å². The van der Waals surface area contributed by atoms with Gasteiger partial charge in [0.2, 0.25) is 0 Å². The van der Waals surface area contributed by atoms with Crippen LogP contribution in [-0.4, -0.2) is 28.3 Å². The fourth-order valence-electron chi connectivity index (χ4n) is 1.87. The molecule has 0 radical (unpaired) electrons. The monoisotopic (exact) mass is 192 g/mol. The molecule has 1 aliphatic carbocycles. The van der Waals surface area contributed by atoms with Crippen molar-refractivity contribution in [2.75, 3.05) is 6.61 Å². The smallest absolute Gasteiger partial charge is 0.0936 e. The molecule has 2 nitrogen and oxygen atoms in total.